The summed E-state index contributed by atoms with van der Waals surface area (Å²) in [6, 6.07) is 6.20. The van der Waals surface area contributed by atoms with Crippen molar-refractivity contribution in [2.45, 2.75) is 18.9 Å². The van der Waals surface area contributed by atoms with Gasteiger partial charge in [0.2, 0.25) is 0 Å². The molecule has 0 saturated carbocycles. The fourth-order valence-electron chi connectivity index (χ4n) is 2.35. The van der Waals surface area contributed by atoms with E-state index in [9.17, 15) is 4.79 Å². The molecule has 0 atom stereocenters. The van der Waals surface area contributed by atoms with E-state index in [1.807, 2.05) is 30.0 Å². The van der Waals surface area contributed by atoms with Crippen LogP contribution in [0.1, 0.15) is 22.5 Å². The molecule has 0 bridgehead atoms. The number of nitrogens with one attached hydrogen (secondary N) is 1. The first-order chi connectivity index (χ1) is 9.65. The Morgan fingerprint density at radius 2 is 2.10 bits per heavy atom. The number of carbonyl (C=O) groups is 1. The fourth-order valence-corrected chi connectivity index (χ4v) is 5.04. The second-order valence-corrected chi connectivity index (χ2v) is 8.04. The third-order valence-electron chi connectivity index (χ3n) is 3.45. The Kier molecular flexibility index (Phi) is 4.23. The lowest BCUT2D eigenvalue weighted by atomic mass is 10.1. The molecule has 1 saturated heterocycles. The molecule has 1 amide bonds. The highest BCUT2D eigenvalue weighted by atomic mass is 79.9. The number of rotatable bonds is 2. The van der Waals surface area contributed by atoms with E-state index < -0.39 is 0 Å². The topological polar surface area (TPSA) is 55.1 Å². The Balaban J connectivity index is 1.85. The van der Waals surface area contributed by atoms with Gasteiger partial charge in [0.25, 0.3) is 5.91 Å². The van der Waals surface area contributed by atoms with Gasteiger partial charge in [-0.3, -0.25) is 4.79 Å². The Bertz CT molecular complexity index is 650. The van der Waals surface area contributed by atoms with Gasteiger partial charge in [0.15, 0.2) is 0 Å². The molecule has 1 aliphatic rings. The normalized spacial score (nSPS) is 16.4. The first kappa shape index (κ1) is 14.2. The summed E-state index contributed by atoms with van der Waals surface area (Å²) in [7, 11) is 0. The molecule has 6 heteroatoms. The molecule has 2 heterocycles. The van der Waals surface area contributed by atoms with Crippen LogP contribution in [0.4, 0.5) is 5.69 Å². The van der Waals surface area contributed by atoms with Gasteiger partial charge < -0.3 is 11.1 Å². The van der Waals surface area contributed by atoms with Crippen LogP contribution in [0.15, 0.2) is 22.7 Å². The number of nitrogen functional groups attached to an aromatic ring is 1. The number of halogens is 1. The Morgan fingerprint density at radius 1 is 1.35 bits per heavy atom. The number of hydrogen-bond acceptors (Lipinski definition) is 4. The Hall–Kier alpha value is -0.720. The predicted molar refractivity (Wildman–Crippen MR) is 91.8 cm³/mol. The number of anilines is 1. The van der Waals surface area contributed by atoms with Crippen molar-refractivity contribution >= 4 is 60.7 Å². The van der Waals surface area contributed by atoms with Gasteiger partial charge in [-0.05, 0) is 36.5 Å². The van der Waals surface area contributed by atoms with Crippen LogP contribution in [-0.4, -0.2) is 23.5 Å². The molecule has 0 unspecified atom stereocenters. The Labute approximate surface area is 134 Å². The Morgan fingerprint density at radius 3 is 2.85 bits per heavy atom. The number of nitrogens with two attached hydrogens (primary N) is 1. The van der Waals surface area contributed by atoms with Crippen LogP contribution in [0, 0.1) is 0 Å². The zero-order valence-electron chi connectivity index (χ0n) is 10.8. The summed E-state index contributed by atoms with van der Waals surface area (Å²) in [5, 5.41) is 4.08. The first-order valence-corrected chi connectivity index (χ1v) is 9.27. The molecule has 1 aromatic carbocycles. The number of hydrogen-bond donors (Lipinski definition) is 2. The monoisotopic (exact) mass is 370 g/mol. The van der Waals surface area contributed by atoms with Crippen molar-refractivity contribution in [3.8, 4) is 0 Å². The number of carbonyl (C=O) groups excluding carboxylic acids is 1. The molecule has 3 nitrogen and oxygen atoms in total. The van der Waals surface area contributed by atoms with Crippen molar-refractivity contribution in [3.63, 3.8) is 0 Å². The van der Waals surface area contributed by atoms with Gasteiger partial charge in [-0.15, -0.1) is 11.3 Å². The van der Waals surface area contributed by atoms with E-state index in [1.165, 1.54) is 11.3 Å². The molecule has 20 heavy (non-hydrogen) atoms. The summed E-state index contributed by atoms with van der Waals surface area (Å²) in [6.07, 6.45) is 2.10. The van der Waals surface area contributed by atoms with Crippen LogP contribution >= 0.6 is 39.0 Å². The number of fused-ring (bicyclic) bond motifs is 1. The van der Waals surface area contributed by atoms with Gasteiger partial charge in [0.1, 0.15) is 4.88 Å². The lowest BCUT2D eigenvalue weighted by Crippen LogP contribution is -2.37. The summed E-state index contributed by atoms with van der Waals surface area (Å²) < 4.78 is 2.05. The molecule has 1 aromatic heterocycles. The smallest absolute Gasteiger partial charge is 0.263 e. The molecule has 0 spiro atoms. The molecule has 1 fully saturated rings. The second-order valence-electron chi connectivity index (χ2n) is 4.85. The number of thioether (sulfide) groups is 1. The van der Waals surface area contributed by atoms with E-state index >= 15 is 0 Å². The SMILES string of the molecule is Nc1c(C(=O)NC2CCSCC2)sc2cc(Br)ccc12. The summed E-state index contributed by atoms with van der Waals surface area (Å²) in [5.41, 5.74) is 6.72. The maximum absolute atomic E-state index is 12.4. The highest BCUT2D eigenvalue weighted by Gasteiger charge is 2.21. The largest absolute Gasteiger partial charge is 0.397 e. The lowest BCUT2D eigenvalue weighted by Gasteiger charge is -2.22. The third kappa shape index (κ3) is 2.82. The van der Waals surface area contributed by atoms with E-state index in [0.29, 0.717) is 16.6 Å². The van der Waals surface area contributed by atoms with E-state index in [0.717, 1.165) is 38.9 Å². The van der Waals surface area contributed by atoms with Gasteiger partial charge in [-0.25, -0.2) is 0 Å². The zero-order chi connectivity index (χ0) is 14.1. The van der Waals surface area contributed by atoms with Gasteiger partial charge >= 0.3 is 0 Å². The molecular weight excluding hydrogens is 356 g/mol. The van der Waals surface area contributed by atoms with Crippen LogP contribution < -0.4 is 11.1 Å². The summed E-state index contributed by atoms with van der Waals surface area (Å²) >= 11 is 6.86. The molecule has 0 aliphatic carbocycles. The van der Waals surface area contributed by atoms with Gasteiger partial charge in [0, 0.05) is 20.6 Å². The summed E-state index contributed by atoms with van der Waals surface area (Å²) in [5.74, 6) is 2.22. The van der Waals surface area contributed by atoms with Crippen LogP contribution in [0.25, 0.3) is 10.1 Å². The summed E-state index contributed by atoms with van der Waals surface area (Å²) in [4.78, 5) is 13.0. The molecular formula is C14H15BrN2OS2. The van der Waals surface area contributed by atoms with Crippen molar-refractivity contribution < 1.29 is 4.79 Å². The van der Waals surface area contributed by atoms with Crippen molar-refractivity contribution in [1.82, 2.24) is 5.32 Å². The van der Waals surface area contributed by atoms with Crippen LogP contribution in [-0.2, 0) is 0 Å². The van der Waals surface area contributed by atoms with Gasteiger partial charge in [-0.1, -0.05) is 22.0 Å². The van der Waals surface area contributed by atoms with E-state index in [1.54, 1.807) is 0 Å². The standard InChI is InChI=1S/C14H15BrN2OS2/c15-8-1-2-10-11(7-8)20-13(12(10)16)14(18)17-9-3-5-19-6-4-9/h1-2,7,9H,3-6,16H2,(H,17,18). The molecule has 1 aliphatic heterocycles. The van der Waals surface area contributed by atoms with Crippen molar-refractivity contribution in [1.29, 1.82) is 0 Å². The number of amides is 1. The number of thiophene rings is 1. The minimum atomic E-state index is -0.0308. The first-order valence-electron chi connectivity index (χ1n) is 6.51. The third-order valence-corrected chi connectivity index (χ3v) is 6.16. The van der Waals surface area contributed by atoms with Crippen LogP contribution in [0.3, 0.4) is 0 Å². The van der Waals surface area contributed by atoms with Crippen molar-refractivity contribution in [2.75, 3.05) is 17.2 Å². The highest BCUT2D eigenvalue weighted by molar-refractivity contribution is 9.10. The molecule has 0 radical (unpaired) electrons. The average molecular weight is 371 g/mol. The molecule has 106 valence electrons. The van der Waals surface area contributed by atoms with Crippen molar-refractivity contribution in [3.05, 3.63) is 27.5 Å². The quantitative estimate of drug-likeness (QED) is 0.843. The number of benzene rings is 1. The van der Waals surface area contributed by atoms with Crippen molar-refractivity contribution in [2.24, 2.45) is 0 Å². The maximum atomic E-state index is 12.4. The second kappa shape index (κ2) is 5.95. The highest BCUT2D eigenvalue weighted by Crippen LogP contribution is 2.35. The maximum Gasteiger partial charge on any atom is 0.263 e. The minimum absolute atomic E-state index is 0.0308. The van der Waals surface area contributed by atoms with Crippen LogP contribution in [0.5, 0.6) is 0 Å². The predicted octanol–water partition coefficient (Wildman–Crippen LogP) is 3.87. The van der Waals surface area contributed by atoms with Crippen LogP contribution in [0.2, 0.25) is 0 Å². The van der Waals surface area contributed by atoms with E-state index in [4.69, 9.17) is 5.73 Å². The fraction of sp³-hybridized carbons (Fsp3) is 0.357. The molecule has 3 rings (SSSR count). The summed E-state index contributed by atoms with van der Waals surface area (Å²) in [6.45, 7) is 0. The lowest BCUT2D eigenvalue weighted by molar-refractivity contribution is 0.0940. The molecule has 3 N–H and O–H groups in total. The zero-order valence-corrected chi connectivity index (χ0v) is 14.0. The minimum Gasteiger partial charge on any atom is -0.397 e. The van der Waals surface area contributed by atoms with E-state index in [2.05, 4.69) is 21.2 Å². The van der Waals surface area contributed by atoms with Gasteiger partial charge in [0.05, 0.1) is 5.69 Å². The van der Waals surface area contributed by atoms with Gasteiger partial charge in [-0.2, -0.15) is 11.8 Å². The molecule has 2 aromatic rings. The average Bonchev–Trinajstić information content (AvgIpc) is 2.76. The van der Waals surface area contributed by atoms with E-state index in [-0.39, 0.29) is 5.91 Å².